The molecular weight excluding hydrogens is 332 g/mol. The summed E-state index contributed by atoms with van der Waals surface area (Å²) < 4.78 is 33.1. The van der Waals surface area contributed by atoms with Crippen molar-refractivity contribution in [3.63, 3.8) is 0 Å². The SMILES string of the molecule is CNCCCNC(=O)C1(NS(=O)(=O)c2c(C)noc2C)CCCC1. The molecule has 3 N–H and O–H groups in total. The number of nitrogens with zero attached hydrogens (tertiary/aromatic N) is 1. The van der Waals surface area contributed by atoms with Crippen LogP contribution in [0.25, 0.3) is 0 Å². The van der Waals surface area contributed by atoms with Crippen LogP contribution in [0.2, 0.25) is 0 Å². The average molecular weight is 358 g/mol. The predicted octanol–water partition coefficient (Wildman–Crippen LogP) is 0.608. The van der Waals surface area contributed by atoms with Crippen molar-refractivity contribution in [2.24, 2.45) is 0 Å². The number of aromatic nitrogens is 1. The molecule has 0 bridgehead atoms. The van der Waals surface area contributed by atoms with Crippen LogP contribution in [-0.4, -0.2) is 45.2 Å². The van der Waals surface area contributed by atoms with Gasteiger partial charge in [0.2, 0.25) is 15.9 Å². The summed E-state index contributed by atoms with van der Waals surface area (Å²) in [6, 6.07) is 0. The van der Waals surface area contributed by atoms with Gasteiger partial charge in [-0.05, 0) is 46.7 Å². The van der Waals surface area contributed by atoms with E-state index in [1.165, 1.54) is 0 Å². The van der Waals surface area contributed by atoms with Gasteiger partial charge in [0.25, 0.3) is 0 Å². The Balaban J connectivity index is 2.17. The third-order valence-corrected chi connectivity index (χ3v) is 6.13. The Hall–Kier alpha value is -1.45. The molecule has 8 nitrogen and oxygen atoms in total. The van der Waals surface area contributed by atoms with Crippen molar-refractivity contribution < 1.29 is 17.7 Å². The minimum absolute atomic E-state index is 0.0248. The van der Waals surface area contributed by atoms with Gasteiger partial charge in [0.15, 0.2) is 5.76 Å². The predicted molar refractivity (Wildman–Crippen MR) is 89.1 cm³/mol. The molecule has 2 rings (SSSR count). The molecular formula is C15H26N4O4S. The third kappa shape index (κ3) is 3.96. The molecule has 1 aromatic heterocycles. The molecule has 0 saturated heterocycles. The summed E-state index contributed by atoms with van der Waals surface area (Å²) in [5.74, 6) is -0.0333. The standard InChI is InChI=1S/C15H26N4O4S/c1-11-13(12(2)23-18-11)24(21,22)19-15(7-4-5-8-15)14(20)17-10-6-9-16-3/h16,19H,4-10H2,1-3H3,(H,17,20). The van der Waals surface area contributed by atoms with E-state index in [9.17, 15) is 13.2 Å². The number of amides is 1. The van der Waals surface area contributed by atoms with Crippen LogP contribution in [0.15, 0.2) is 9.42 Å². The summed E-state index contributed by atoms with van der Waals surface area (Å²) in [6.07, 6.45) is 3.40. The van der Waals surface area contributed by atoms with Crippen molar-refractivity contribution in [1.29, 1.82) is 0 Å². The van der Waals surface area contributed by atoms with Gasteiger partial charge in [0.1, 0.15) is 16.1 Å². The molecule has 1 heterocycles. The molecule has 0 atom stereocenters. The fourth-order valence-corrected chi connectivity index (χ4v) is 4.91. The number of nitrogens with one attached hydrogen (secondary N) is 3. The van der Waals surface area contributed by atoms with Gasteiger partial charge in [-0.1, -0.05) is 18.0 Å². The van der Waals surface area contributed by atoms with E-state index in [1.54, 1.807) is 13.8 Å². The van der Waals surface area contributed by atoms with Gasteiger partial charge in [-0.2, -0.15) is 4.72 Å². The Labute approximate surface area is 142 Å². The van der Waals surface area contributed by atoms with Crippen LogP contribution in [0, 0.1) is 13.8 Å². The lowest BCUT2D eigenvalue weighted by atomic mass is 9.98. The van der Waals surface area contributed by atoms with Crippen molar-refractivity contribution in [3.8, 4) is 0 Å². The van der Waals surface area contributed by atoms with Gasteiger partial charge >= 0.3 is 0 Å². The van der Waals surface area contributed by atoms with E-state index >= 15 is 0 Å². The lowest BCUT2D eigenvalue weighted by Crippen LogP contribution is -2.57. The zero-order valence-electron chi connectivity index (χ0n) is 14.4. The summed E-state index contributed by atoms with van der Waals surface area (Å²) >= 11 is 0. The maximum absolute atomic E-state index is 12.8. The Morgan fingerprint density at radius 1 is 1.25 bits per heavy atom. The first kappa shape index (κ1) is 18.9. The van der Waals surface area contributed by atoms with Crippen molar-refractivity contribution in [2.75, 3.05) is 20.1 Å². The molecule has 1 saturated carbocycles. The van der Waals surface area contributed by atoms with Gasteiger partial charge in [0.05, 0.1) is 0 Å². The number of carbonyl (C=O) groups is 1. The fraction of sp³-hybridized carbons (Fsp3) is 0.733. The van der Waals surface area contributed by atoms with E-state index in [2.05, 4.69) is 20.5 Å². The van der Waals surface area contributed by atoms with Crippen molar-refractivity contribution in [1.82, 2.24) is 20.5 Å². The third-order valence-electron chi connectivity index (χ3n) is 4.35. The topological polar surface area (TPSA) is 113 Å². The Kier molecular flexibility index (Phi) is 6.00. The molecule has 1 aromatic rings. The molecule has 1 aliphatic carbocycles. The number of carbonyl (C=O) groups excluding carboxylic acids is 1. The summed E-state index contributed by atoms with van der Waals surface area (Å²) in [4.78, 5) is 12.7. The molecule has 0 aliphatic heterocycles. The van der Waals surface area contributed by atoms with E-state index in [0.717, 1.165) is 25.8 Å². The number of hydrogen-bond acceptors (Lipinski definition) is 6. The number of hydrogen-bond donors (Lipinski definition) is 3. The molecule has 0 radical (unpaired) electrons. The summed E-state index contributed by atoms with van der Waals surface area (Å²) in [5.41, 5.74) is -0.795. The molecule has 9 heteroatoms. The number of sulfonamides is 1. The Morgan fingerprint density at radius 3 is 2.46 bits per heavy atom. The second-order valence-electron chi connectivity index (χ2n) is 6.26. The van der Waals surface area contributed by atoms with Crippen LogP contribution >= 0.6 is 0 Å². The van der Waals surface area contributed by atoms with Crippen molar-refractivity contribution in [2.45, 2.75) is 56.4 Å². The van der Waals surface area contributed by atoms with E-state index in [4.69, 9.17) is 4.52 Å². The highest BCUT2D eigenvalue weighted by Gasteiger charge is 2.45. The van der Waals surface area contributed by atoms with E-state index in [0.29, 0.717) is 25.1 Å². The number of aryl methyl sites for hydroxylation is 2. The van der Waals surface area contributed by atoms with Gasteiger partial charge in [-0.3, -0.25) is 4.79 Å². The molecule has 0 unspecified atom stereocenters. The molecule has 136 valence electrons. The fourth-order valence-electron chi connectivity index (χ4n) is 3.16. The maximum atomic E-state index is 12.8. The molecule has 1 amide bonds. The lowest BCUT2D eigenvalue weighted by Gasteiger charge is -2.28. The maximum Gasteiger partial charge on any atom is 0.246 e. The summed E-state index contributed by atoms with van der Waals surface area (Å²) in [7, 11) is -2.03. The van der Waals surface area contributed by atoms with Crippen LogP contribution in [0.5, 0.6) is 0 Å². The van der Waals surface area contributed by atoms with Crippen LogP contribution in [-0.2, 0) is 14.8 Å². The molecule has 1 aliphatic rings. The minimum atomic E-state index is -3.88. The summed E-state index contributed by atoms with van der Waals surface area (Å²) in [6.45, 7) is 4.42. The van der Waals surface area contributed by atoms with E-state index in [-0.39, 0.29) is 16.6 Å². The highest BCUT2D eigenvalue weighted by atomic mass is 32.2. The Bertz CT molecular complexity index is 658. The highest BCUT2D eigenvalue weighted by molar-refractivity contribution is 7.89. The van der Waals surface area contributed by atoms with Crippen LogP contribution in [0.3, 0.4) is 0 Å². The molecule has 24 heavy (non-hydrogen) atoms. The highest BCUT2D eigenvalue weighted by Crippen LogP contribution is 2.32. The molecule has 0 aromatic carbocycles. The normalized spacial score (nSPS) is 17.1. The summed E-state index contributed by atoms with van der Waals surface area (Å²) in [5, 5.41) is 9.55. The second kappa shape index (κ2) is 7.62. The first-order valence-corrected chi connectivity index (χ1v) is 9.70. The second-order valence-corrected chi connectivity index (χ2v) is 7.88. The largest absolute Gasteiger partial charge is 0.360 e. The zero-order chi connectivity index (χ0) is 17.8. The lowest BCUT2D eigenvalue weighted by molar-refractivity contribution is -0.126. The van der Waals surface area contributed by atoms with Crippen molar-refractivity contribution >= 4 is 15.9 Å². The van der Waals surface area contributed by atoms with Crippen LogP contribution < -0.4 is 15.4 Å². The molecule has 1 fully saturated rings. The van der Waals surface area contributed by atoms with Gasteiger partial charge in [-0.15, -0.1) is 0 Å². The van der Waals surface area contributed by atoms with Crippen molar-refractivity contribution in [3.05, 3.63) is 11.5 Å². The monoisotopic (exact) mass is 358 g/mol. The van der Waals surface area contributed by atoms with Gasteiger partial charge in [0, 0.05) is 6.54 Å². The van der Waals surface area contributed by atoms with Gasteiger partial charge in [-0.25, -0.2) is 8.42 Å². The van der Waals surface area contributed by atoms with Crippen LogP contribution in [0.4, 0.5) is 0 Å². The first-order chi connectivity index (χ1) is 11.3. The van der Waals surface area contributed by atoms with Gasteiger partial charge < -0.3 is 15.2 Å². The first-order valence-electron chi connectivity index (χ1n) is 8.22. The number of rotatable bonds is 8. The zero-order valence-corrected chi connectivity index (χ0v) is 15.3. The van der Waals surface area contributed by atoms with Crippen LogP contribution in [0.1, 0.15) is 43.6 Å². The van der Waals surface area contributed by atoms with E-state index in [1.807, 2.05) is 7.05 Å². The van der Waals surface area contributed by atoms with E-state index < -0.39 is 15.6 Å². The quantitative estimate of drug-likeness (QED) is 0.587. The smallest absolute Gasteiger partial charge is 0.246 e. The molecule has 0 spiro atoms. The minimum Gasteiger partial charge on any atom is -0.360 e. The Morgan fingerprint density at radius 2 is 1.92 bits per heavy atom. The average Bonchev–Trinajstić information content (AvgIpc) is 3.11.